The second-order valence-corrected chi connectivity index (χ2v) is 4.00. The molecule has 0 aliphatic heterocycles. The van der Waals surface area contributed by atoms with Gasteiger partial charge in [-0.3, -0.25) is 10.1 Å². The van der Waals surface area contributed by atoms with Gasteiger partial charge in [-0.2, -0.15) is 13.2 Å². The van der Waals surface area contributed by atoms with Crippen LogP contribution in [-0.2, 0) is 0 Å². The topological polar surface area (TPSA) is 104 Å². The van der Waals surface area contributed by atoms with Gasteiger partial charge in [0.05, 0.1) is 11.5 Å². The number of nitro groups is 1. The van der Waals surface area contributed by atoms with Crippen LogP contribution in [0.25, 0.3) is 0 Å². The fourth-order valence-corrected chi connectivity index (χ4v) is 1.77. The van der Waals surface area contributed by atoms with Gasteiger partial charge in [0.15, 0.2) is 0 Å². The lowest BCUT2D eigenvalue weighted by Crippen LogP contribution is -2.36. The summed E-state index contributed by atoms with van der Waals surface area (Å²) in [5.74, 6) is -1.63. The molecule has 10 heteroatoms. The van der Waals surface area contributed by atoms with Crippen molar-refractivity contribution in [3.05, 3.63) is 33.9 Å². The molecular weight excluding hydrogens is 297 g/mol. The van der Waals surface area contributed by atoms with E-state index in [0.29, 0.717) is 4.90 Å². The number of aliphatic hydroxyl groups is 1. The van der Waals surface area contributed by atoms with E-state index >= 15 is 0 Å². The zero-order chi connectivity index (χ0) is 16.2. The van der Waals surface area contributed by atoms with E-state index in [1.165, 1.54) is 0 Å². The van der Waals surface area contributed by atoms with Crippen LogP contribution in [0.5, 0.6) is 0 Å². The fraction of sp³-hybridized carbons (Fsp3) is 0.364. The number of aliphatic hydroxyl groups excluding tert-OH is 1. The van der Waals surface area contributed by atoms with E-state index in [4.69, 9.17) is 10.2 Å². The Morgan fingerprint density at radius 3 is 2.43 bits per heavy atom. The molecule has 0 radical (unpaired) electrons. The molecule has 1 rings (SSSR count). The number of carboxylic acids is 1. The van der Waals surface area contributed by atoms with Gasteiger partial charge in [0.25, 0.3) is 0 Å². The predicted octanol–water partition coefficient (Wildman–Crippen LogP) is 1.65. The molecule has 0 aromatic heterocycles. The van der Waals surface area contributed by atoms with Crippen molar-refractivity contribution in [2.45, 2.75) is 6.18 Å². The number of hydrogen-bond donors (Lipinski definition) is 2. The maximum Gasteiger partial charge on any atom is 0.405 e. The van der Waals surface area contributed by atoms with Gasteiger partial charge in [0.1, 0.15) is 17.8 Å². The van der Waals surface area contributed by atoms with Crippen molar-refractivity contribution in [2.24, 2.45) is 0 Å². The van der Waals surface area contributed by atoms with E-state index in [2.05, 4.69) is 0 Å². The number of anilines is 1. The molecule has 116 valence electrons. The summed E-state index contributed by atoms with van der Waals surface area (Å²) in [4.78, 5) is 21.4. The largest absolute Gasteiger partial charge is 0.477 e. The first-order valence-electron chi connectivity index (χ1n) is 5.60. The van der Waals surface area contributed by atoms with Crippen LogP contribution in [0, 0.1) is 10.1 Å². The number of halogens is 3. The molecule has 0 heterocycles. The quantitative estimate of drug-likeness (QED) is 0.612. The van der Waals surface area contributed by atoms with Gasteiger partial charge < -0.3 is 15.1 Å². The highest BCUT2D eigenvalue weighted by Crippen LogP contribution is 2.33. The van der Waals surface area contributed by atoms with Crippen LogP contribution in [0.4, 0.5) is 24.5 Å². The summed E-state index contributed by atoms with van der Waals surface area (Å²) in [6.07, 6.45) is -4.66. The number of alkyl halides is 3. The zero-order valence-electron chi connectivity index (χ0n) is 10.5. The van der Waals surface area contributed by atoms with Crippen LogP contribution in [0.1, 0.15) is 10.4 Å². The molecule has 0 fully saturated rings. The highest BCUT2D eigenvalue weighted by Gasteiger charge is 2.34. The minimum absolute atomic E-state index is 0.508. The standard InChI is InChI=1S/C11H11F3N2O5/c12-11(13,14)6-15(4-5-17)8-3-1-2-7(10(18)19)9(8)16(20)21/h1-3,17H,4-6H2,(H,18,19). The number of carbonyl (C=O) groups is 1. The molecule has 0 spiro atoms. The number of benzene rings is 1. The van der Waals surface area contributed by atoms with Crippen molar-refractivity contribution >= 4 is 17.3 Å². The summed E-state index contributed by atoms with van der Waals surface area (Å²) in [5, 5.41) is 28.7. The van der Waals surface area contributed by atoms with Crippen molar-refractivity contribution in [1.82, 2.24) is 0 Å². The summed E-state index contributed by atoms with van der Waals surface area (Å²) in [5.41, 5.74) is -2.17. The molecule has 0 atom stereocenters. The van der Waals surface area contributed by atoms with E-state index in [9.17, 15) is 28.1 Å². The summed E-state index contributed by atoms with van der Waals surface area (Å²) < 4.78 is 37.5. The Labute approximate surface area is 116 Å². The average Bonchev–Trinajstić information content (AvgIpc) is 2.35. The van der Waals surface area contributed by atoms with Gasteiger partial charge in [-0.05, 0) is 12.1 Å². The number of nitro benzene ring substituents is 1. The first-order chi connectivity index (χ1) is 9.67. The minimum Gasteiger partial charge on any atom is -0.477 e. The Bertz CT molecular complexity index is 547. The number of carboxylic acid groups (broad SMARTS) is 1. The number of rotatable bonds is 6. The SMILES string of the molecule is O=C(O)c1cccc(N(CCO)CC(F)(F)F)c1[N+](=O)[O-]. The summed E-state index contributed by atoms with van der Waals surface area (Å²) in [6.45, 7) is -2.74. The Hall–Kier alpha value is -2.36. The van der Waals surface area contributed by atoms with E-state index in [1.807, 2.05) is 0 Å². The second-order valence-electron chi connectivity index (χ2n) is 4.00. The monoisotopic (exact) mass is 308 g/mol. The van der Waals surface area contributed by atoms with Crippen LogP contribution in [0.2, 0.25) is 0 Å². The van der Waals surface area contributed by atoms with Crippen LogP contribution < -0.4 is 4.90 Å². The van der Waals surface area contributed by atoms with Gasteiger partial charge in [0, 0.05) is 6.54 Å². The third-order valence-corrected chi connectivity index (χ3v) is 2.51. The number of nitrogens with zero attached hydrogens (tertiary/aromatic N) is 2. The van der Waals surface area contributed by atoms with Gasteiger partial charge in [-0.1, -0.05) is 6.07 Å². The van der Waals surface area contributed by atoms with Crippen LogP contribution >= 0.6 is 0 Å². The smallest absolute Gasteiger partial charge is 0.405 e. The third-order valence-electron chi connectivity index (χ3n) is 2.51. The lowest BCUT2D eigenvalue weighted by Gasteiger charge is -2.25. The lowest BCUT2D eigenvalue weighted by atomic mass is 10.1. The van der Waals surface area contributed by atoms with E-state index in [0.717, 1.165) is 18.2 Å². The molecule has 0 aliphatic rings. The number of aromatic carboxylic acids is 1. The second kappa shape index (κ2) is 6.39. The Morgan fingerprint density at radius 1 is 1.38 bits per heavy atom. The van der Waals surface area contributed by atoms with Gasteiger partial charge in [-0.25, -0.2) is 4.79 Å². The molecule has 0 aliphatic carbocycles. The van der Waals surface area contributed by atoms with Crippen molar-refractivity contribution < 1.29 is 33.1 Å². The molecule has 0 amide bonds. The molecule has 2 N–H and O–H groups in total. The highest BCUT2D eigenvalue weighted by atomic mass is 19.4. The molecule has 1 aromatic carbocycles. The van der Waals surface area contributed by atoms with E-state index in [-0.39, 0.29) is 0 Å². The van der Waals surface area contributed by atoms with Crippen LogP contribution in [-0.4, -0.2) is 47.0 Å². The Morgan fingerprint density at radius 2 is 2.00 bits per heavy atom. The van der Waals surface area contributed by atoms with Crippen LogP contribution in [0.3, 0.4) is 0 Å². The minimum atomic E-state index is -4.66. The molecule has 0 unspecified atom stereocenters. The van der Waals surface area contributed by atoms with Gasteiger partial charge in [-0.15, -0.1) is 0 Å². The average molecular weight is 308 g/mol. The summed E-state index contributed by atoms with van der Waals surface area (Å²) >= 11 is 0. The Kier molecular flexibility index (Phi) is 5.08. The highest BCUT2D eigenvalue weighted by molar-refractivity contribution is 5.95. The van der Waals surface area contributed by atoms with E-state index < -0.39 is 53.7 Å². The van der Waals surface area contributed by atoms with Gasteiger partial charge in [0.2, 0.25) is 0 Å². The predicted molar refractivity (Wildman–Crippen MR) is 65.4 cm³/mol. The Balaban J connectivity index is 3.40. The first kappa shape index (κ1) is 16.7. The number of hydrogen-bond acceptors (Lipinski definition) is 5. The molecule has 0 saturated carbocycles. The zero-order valence-corrected chi connectivity index (χ0v) is 10.5. The van der Waals surface area contributed by atoms with Crippen molar-refractivity contribution in [2.75, 3.05) is 24.6 Å². The molecule has 0 saturated heterocycles. The van der Waals surface area contributed by atoms with Gasteiger partial charge >= 0.3 is 17.8 Å². The summed E-state index contributed by atoms with van der Waals surface area (Å²) in [7, 11) is 0. The normalized spacial score (nSPS) is 11.2. The first-order valence-corrected chi connectivity index (χ1v) is 5.60. The third kappa shape index (κ3) is 4.31. The maximum atomic E-state index is 12.5. The number of para-hydroxylation sites is 1. The maximum absolute atomic E-state index is 12.5. The molecular formula is C11H11F3N2O5. The lowest BCUT2D eigenvalue weighted by molar-refractivity contribution is -0.384. The van der Waals surface area contributed by atoms with Crippen molar-refractivity contribution in [3.8, 4) is 0 Å². The van der Waals surface area contributed by atoms with E-state index in [1.54, 1.807) is 0 Å². The van der Waals surface area contributed by atoms with Crippen molar-refractivity contribution in [3.63, 3.8) is 0 Å². The van der Waals surface area contributed by atoms with Crippen LogP contribution in [0.15, 0.2) is 18.2 Å². The fourth-order valence-electron chi connectivity index (χ4n) is 1.77. The summed E-state index contributed by atoms with van der Waals surface area (Å²) in [6, 6.07) is 3.03. The van der Waals surface area contributed by atoms with Crippen molar-refractivity contribution in [1.29, 1.82) is 0 Å². The molecule has 0 bridgehead atoms. The molecule has 7 nitrogen and oxygen atoms in total. The molecule has 1 aromatic rings. The molecule has 21 heavy (non-hydrogen) atoms.